The maximum Gasteiger partial charge on any atom is 0.261 e. The molecule has 0 saturated carbocycles. The van der Waals surface area contributed by atoms with Crippen LogP contribution in [0.25, 0.3) is 0 Å². The molecule has 0 bridgehead atoms. The molecule has 11 heteroatoms. The molecule has 230 valence electrons. The van der Waals surface area contributed by atoms with Crippen LogP contribution in [0.5, 0.6) is 5.75 Å². The zero-order valence-electron chi connectivity index (χ0n) is 24.4. The number of amides is 2. The van der Waals surface area contributed by atoms with Gasteiger partial charge in [0.25, 0.3) is 5.91 Å². The van der Waals surface area contributed by atoms with Crippen molar-refractivity contribution in [3.8, 4) is 5.75 Å². The third-order valence-electron chi connectivity index (χ3n) is 7.08. The van der Waals surface area contributed by atoms with Crippen molar-refractivity contribution < 1.29 is 27.5 Å². The van der Waals surface area contributed by atoms with E-state index in [1.165, 1.54) is 33.5 Å². The summed E-state index contributed by atoms with van der Waals surface area (Å²) in [6, 6.07) is 21.3. The Bertz CT molecular complexity index is 1440. The van der Waals surface area contributed by atoms with Crippen molar-refractivity contribution in [1.29, 1.82) is 0 Å². The van der Waals surface area contributed by atoms with Crippen molar-refractivity contribution in [1.82, 2.24) is 14.5 Å². The smallest absolute Gasteiger partial charge is 0.261 e. The molecule has 1 atom stereocenters. The number of rotatable bonds is 13. The normalized spacial score (nSPS) is 14.7. The largest absolute Gasteiger partial charge is 0.484 e. The van der Waals surface area contributed by atoms with Crippen LogP contribution in [0.1, 0.15) is 37.4 Å². The molecule has 1 heterocycles. The van der Waals surface area contributed by atoms with Crippen LogP contribution in [-0.2, 0) is 30.9 Å². The van der Waals surface area contributed by atoms with E-state index in [0.29, 0.717) is 55.1 Å². The number of halogens is 1. The van der Waals surface area contributed by atoms with Gasteiger partial charge in [0.05, 0.1) is 18.1 Å². The van der Waals surface area contributed by atoms with Crippen molar-refractivity contribution in [2.75, 3.05) is 39.5 Å². The van der Waals surface area contributed by atoms with E-state index < -0.39 is 22.0 Å². The molecule has 43 heavy (non-hydrogen) atoms. The fraction of sp³-hybridized carbons (Fsp3) is 0.375. The van der Waals surface area contributed by atoms with Crippen LogP contribution in [0.3, 0.4) is 0 Å². The molecule has 1 unspecified atom stereocenters. The topological polar surface area (TPSA) is 105 Å². The number of carbonyl (C=O) groups is 2. The van der Waals surface area contributed by atoms with Crippen molar-refractivity contribution in [2.24, 2.45) is 5.92 Å². The first-order valence-corrected chi connectivity index (χ1v) is 16.1. The maximum absolute atomic E-state index is 13.8. The number of morpholine rings is 1. The van der Waals surface area contributed by atoms with Crippen LogP contribution in [-0.4, -0.2) is 68.9 Å². The number of hydrogen-bond donors (Lipinski definition) is 1. The van der Waals surface area contributed by atoms with Gasteiger partial charge in [-0.15, -0.1) is 0 Å². The molecular formula is C32H38ClN3O6S. The van der Waals surface area contributed by atoms with Crippen LogP contribution in [0, 0.1) is 5.92 Å². The fourth-order valence-electron chi connectivity index (χ4n) is 4.67. The highest BCUT2D eigenvalue weighted by molar-refractivity contribution is 7.89. The Morgan fingerprint density at radius 3 is 2.26 bits per heavy atom. The van der Waals surface area contributed by atoms with Crippen molar-refractivity contribution >= 4 is 33.4 Å². The molecule has 3 aromatic rings. The summed E-state index contributed by atoms with van der Waals surface area (Å²) in [5, 5.41) is 3.57. The lowest BCUT2D eigenvalue weighted by atomic mass is 10.0. The van der Waals surface area contributed by atoms with Gasteiger partial charge in [0.1, 0.15) is 11.8 Å². The summed E-state index contributed by atoms with van der Waals surface area (Å²) >= 11 is 6.09. The highest BCUT2D eigenvalue weighted by Gasteiger charge is 2.32. The van der Waals surface area contributed by atoms with Gasteiger partial charge in [0.15, 0.2) is 6.61 Å². The number of carbonyl (C=O) groups excluding carboxylic acids is 2. The van der Waals surface area contributed by atoms with Crippen LogP contribution < -0.4 is 10.1 Å². The van der Waals surface area contributed by atoms with Gasteiger partial charge in [-0.1, -0.05) is 67.9 Å². The molecule has 1 N–H and O–H groups in total. The standard InChI is InChI=1S/C32H38ClN3O6S/c1-24(2)16-17-34-32(38)31(26-6-4-3-5-7-26)36(22-25-8-10-27(33)11-9-25)30(37)23-42-28-12-14-29(15-13-28)43(39,40)35-18-20-41-21-19-35/h3-15,24,31H,16-23H2,1-2H3,(H,34,38). The SMILES string of the molecule is CC(C)CCNC(=O)C(c1ccccc1)N(Cc1ccc(Cl)cc1)C(=O)COc1ccc(S(=O)(=O)N2CCOCC2)cc1. The highest BCUT2D eigenvalue weighted by atomic mass is 35.5. The summed E-state index contributed by atoms with van der Waals surface area (Å²) in [6.07, 6.45) is 0.804. The van der Waals surface area contributed by atoms with E-state index in [0.717, 1.165) is 12.0 Å². The van der Waals surface area contributed by atoms with Crippen molar-refractivity contribution in [2.45, 2.75) is 37.8 Å². The summed E-state index contributed by atoms with van der Waals surface area (Å²) in [4.78, 5) is 29.1. The summed E-state index contributed by atoms with van der Waals surface area (Å²) in [7, 11) is -3.66. The number of nitrogens with one attached hydrogen (secondary N) is 1. The fourth-order valence-corrected chi connectivity index (χ4v) is 6.20. The van der Waals surface area contributed by atoms with Gasteiger partial charge in [-0.3, -0.25) is 9.59 Å². The average Bonchev–Trinajstić information content (AvgIpc) is 3.01. The van der Waals surface area contributed by atoms with Crippen molar-refractivity contribution in [3.63, 3.8) is 0 Å². The zero-order valence-corrected chi connectivity index (χ0v) is 26.0. The lowest BCUT2D eigenvalue weighted by Crippen LogP contribution is -2.45. The first-order valence-electron chi connectivity index (χ1n) is 14.3. The lowest BCUT2D eigenvalue weighted by molar-refractivity contribution is -0.143. The van der Waals surface area contributed by atoms with E-state index in [9.17, 15) is 18.0 Å². The third kappa shape index (κ3) is 9.03. The van der Waals surface area contributed by atoms with Gasteiger partial charge in [-0.2, -0.15) is 4.31 Å². The first-order chi connectivity index (χ1) is 20.6. The van der Waals surface area contributed by atoms with Gasteiger partial charge in [-0.25, -0.2) is 8.42 Å². The predicted octanol–water partition coefficient (Wildman–Crippen LogP) is 4.67. The third-order valence-corrected chi connectivity index (χ3v) is 9.24. The van der Waals surface area contributed by atoms with Crippen LogP contribution in [0.4, 0.5) is 0 Å². The molecule has 9 nitrogen and oxygen atoms in total. The molecule has 1 saturated heterocycles. The molecule has 0 radical (unpaired) electrons. The molecule has 2 amide bonds. The van der Waals surface area contributed by atoms with E-state index in [1.807, 2.05) is 42.5 Å². The summed E-state index contributed by atoms with van der Waals surface area (Å²) < 4.78 is 38.4. The molecule has 1 aliphatic heterocycles. The number of nitrogens with zero attached hydrogens (tertiary/aromatic N) is 2. The Balaban J connectivity index is 1.54. The summed E-state index contributed by atoms with van der Waals surface area (Å²) in [5.41, 5.74) is 1.47. The van der Waals surface area contributed by atoms with Gasteiger partial charge >= 0.3 is 0 Å². The molecule has 1 fully saturated rings. The second-order valence-corrected chi connectivity index (χ2v) is 13.1. The first kappa shape index (κ1) is 32.5. The van der Waals surface area contributed by atoms with Gasteiger partial charge < -0.3 is 19.7 Å². The Hall–Kier alpha value is -3.44. The van der Waals surface area contributed by atoms with E-state index in [-0.39, 0.29) is 24.0 Å². The highest BCUT2D eigenvalue weighted by Crippen LogP contribution is 2.26. The monoisotopic (exact) mass is 627 g/mol. The van der Waals surface area contributed by atoms with E-state index in [4.69, 9.17) is 21.1 Å². The number of hydrogen-bond acceptors (Lipinski definition) is 6. The molecule has 4 rings (SSSR count). The van der Waals surface area contributed by atoms with Crippen LogP contribution in [0.2, 0.25) is 5.02 Å². The van der Waals surface area contributed by atoms with E-state index in [1.54, 1.807) is 12.1 Å². The minimum Gasteiger partial charge on any atom is -0.484 e. The second kappa shape index (κ2) is 15.3. The lowest BCUT2D eigenvalue weighted by Gasteiger charge is -2.31. The van der Waals surface area contributed by atoms with Crippen molar-refractivity contribution in [3.05, 3.63) is 95.0 Å². The Morgan fingerprint density at radius 2 is 1.63 bits per heavy atom. The minimum atomic E-state index is -3.66. The molecule has 0 aliphatic carbocycles. The average molecular weight is 628 g/mol. The molecule has 0 aromatic heterocycles. The summed E-state index contributed by atoms with van der Waals surface area (Å²) in [6.45, 7) is 5.75. The molecule has 0 spiro atoms. The maximum atomic E-state index is 13.8. The molecular weight excluding hydrogens is 590 g/mol. The Labute approximate surface area is 258 Å². The Kier molecular flexibility index (Phi) is 11.6. The van der Waals surface area contributed by atoms with E-state index >= 15 is 0 Å². The number of benzene rings is 3. The Morgan fingerprint density at radius 1 is 0.977 bits per heavy atom. The van der Waals surface area contributed by atoms with Crippen LogP contribution in [0.15, 0.2) is 83.8 Å². The van der Waals surface area contributed by atoms with E-state index in [2.05, 4.69) is 19.2 Å². The number of sulfonamides is 1. The molecule has 1 aliphatic rings. The second-order valence-electron chi connectivity index (χ2n) is 10.7. The van der Waals surface area contributed by atoms with Gasteiger partial charge in [0.2, 0.25) is 15.9 Å². The molecule has 3 aromatic carbocycles. The quantitative estimate of drug-likeness (QED) is 0.295. The number of ether oxygens (including phenoxy) is 2. The predicted molar refractivity (Wildman–Crippen MR) is 165 cm³/mol. The summed E-state index contributed by atoms with van der Waals surface area (Å²) in [5.74, 6) is 0.0453. The van der Waals surface area contributed by atoms with Crippen LogP contribution >= 0.6 is 11.6 Å². The van der Waals surface area contributed by atoms with Gasteiger partial charge in [0, 0.05) is 31.2 Å². The van der Waals surface area contributed by atoms with Gasteiger partial charge in [-0.05, 0) is 59.9 Å². The zero-order chi connectivity index (χ0) is 30.8. The minimum absolute atomic E-state index is 0.139.